The molecule has 4 nitrogen and oxygen atoms in total. The molecule has 2 heterocycles. The van der Waals surface area contributed by atoms with Gasteiger partial charge in [-0.25, -0.2) is 0 Å². The predicted octanol–water partition coefficient (Wildman–Crippen LogP) is 4.97. The van der Waals surface area contributed by atoms with Crippen molar-refractivity contribution in [3.63, 3.8) is 0 Å². The lowest BCUT2D eigenvalue weighted by atomic mass is 10.1. The maximum Gasteiger partial charge on any atom is 0.267 e. The lowest BCUT2D eigenvalue weighted by molar-refractivity contribution is -0.122. The number of rotatable bonds is 6. The summed E-state index contributed by atoms with van der Waals surface area (Å²) in [4.78, 5) is 30.0. The first kappa shape index (κ1) is 19.6. The van der Waals surface area contributed by atoms with E-state index in [-0.39, 0.29) is 11.8 Å². The molecular weight excluding hydrogens is 432 g/mol. The van der Waals surface area contributed by atoms with Crippen LogP contribution in [0.4, 0.5) is 5.69 Å². The van der Waals surface area contributed by atoms with E-state index in [1.807, 2.05) is 18.2 Å². The topological polar surface area (TPSA) is 40.6 Å². The van der Waals surface area contributed by atoms with E-state index in [0.717, 1.165) is 41.4 Å². The second-order valence-corrected chi connectivity index (χ2v) is 8.91. The van der Waals surface area contributed by atoms with Crippen LogP contribution in [0.25, 0.3) is 5.57 Å². The number of nitrogens with zero attached hydrogens (tertiary/aromatic N) is 2. The minimum absolute atomic E-state index is 0.0949. The zero-order valence-electron chi connectivity index (χ0n) is 14.9. The van der Waals surface area contributed by atoms with Gasteiger partial charge in [-0.3, -0.25) is 14.5 Å². The molecule has 0 aliphatic carbocycles. The lowest BCUT2D eigenvalue weighted by Crippen LogP contribution is -2.30. The molecule has 138 valence electrons. The Morgan fingerprint density at radius 1 is 1.04 bits per heavy atom. The van der Waals surface area contributed by atoms with E-state index >= 15 is 0 Å². The number of benzene rings is 1. The first-order chi connectivity index (χ1) is 12.5. The van der Waals surface area contributed by atoms with Crippen molar-refractivity contribution < 1.29 is 9.59 Å². The summed E-state index contributed by atoms with van der Waals surface area (Å²) in [6.45, 7) is 5.44. The molecule has 0 N–H and O–H groups in total. The highest BCUT2D eigenvalue weighted by Gasteiger charge is 2.41. The number of carbonyl (C=O) groups is 2. The smallest absolute Gasteiger partial charge is 0.267 e. The summed E-state index contributed by atoms with van der Waals surface area (Å²) in [6.07, 6.45) is 3.81. The zero-order valence-corrected chi connectivity index (χ0v) is 18.1. The molecule has 1 fully saturated rings. The van der Waals surface area contributed by atoms with Crippen LogP contribution in [0.15, 0.2) is 27.6 Å². The zero-order chi connectivity index (χ0) is 18.8. The maximum absolute atomic E-state index is 13.2. The Morgan fingerprint density at radius 3 is 2.35 bits per heavy atom. The number of amides is 2. The molecule has 0 spiro atoms. The second-order valence-electron chi connectivity index (χ2n) is 6.35. The summed E-state index contributed by atoms with van der Waals surface area (Å²) >= 11 is 10.1. The fourth-order valence-electron chi connectivity index (χ4n) is 3.12. The van der Waals surface area contributed by atoms with Crippen LogP contribution < -0.4 is 4.90 Å². The number of fused-ring (bicyclic) bond motifs is 1. The normalized spacial score (nSPS) is 19.7. The molecule has 0 aromatic heterocycles. The Kier molecular flexibility index (Phi) is 6.20. The highest BCUT2D eigenvalue weighted by molar-refractivity contribution is 9.10. The minimum atomic E-state index is -0.139. The molecule has 0 bridgehead atoms. The maximum atomic E-state index is 13.2. The van der Waals surface area contributed by atoms with Gasteiger partial charge in [0.05, 0.1) is 16.2 Å². The van der Waals surface area contributed by atoms with Crippen molar-refractivity contribution in [2.75, 3.05) is 18.0 Å². The Hall–Kier alpha value is -1.18. The van der Waals surface area contributed by atoms with Crippen molar-refractivity contribution >= 4 is 67.3 Å². The van der Waals surface area contributed by atoms with E-state index < -0.39 is 0 Å². The first-order valence-electron chi connectivity index (χ1n) is 8.89. The summed E-state index contributed by atoms with van der Waals surface area (Å²) in [7, 11) is 0. The highest BCUT2D eigenvalue weighted by atomic mass is 79.9. The van der Waals surface area contributed by atoms with E-state index in [4.69, 9.17) is 12.2 Å². The van der Waals surface area contributed by atoms with E-state index in [2.05, 4.69) is 29.8 Å². The third-order valence-corrected chi connectivity index (χ3v) is 6.47. The van der Waals surface area contributed by atoms with Gasteiger partial charge in [0, 0.05) is 23.1 Å². The number of thioether (sulfide) groups is 1. The van der Waals surface area contributed by atoms with Gasteiger partial charge in [-0.1, -0.05) is 66.6 Å². The van der Waals surface area contributed by atoms with Crippen molar-refractivity contribution in [3.05, 3.63) is 33.1 Å². The van der Waals surface area contributed by atoms with Gasteiger partial charge < -0.3 is 4.90 Å². The number of halogens is 1. The number of hydrogen-bond acceptors (Lipinski definition) is 4. The van der Waals surface area contributed by atoms with E-state index in [1.165, 1.54) is 11.8 Å². The molecule has 3 rings (SSSR count). The number of anilines is 1. The molecular formula is C19H21BrN2O2S2. The lowest BCUT2D eigenvalue weighted by Gasteiger charge is -2.16. The molecule has 0 atom stereocenters. The van der Waals surface area contributed by atoms with Crippen LogP contribution in [0.2, 0.25) is 0 Å². The van der Waals surface area contributed by atoms with Gasteiger partial charge in [0.25, 0.3) is 11.8 Å². The van der Waals surface area contributed by atoms with Crippen molar-refractivity contribution in [1.82, 2.24) is 4.90 Å². The van der Waals surface area contributed by atoms with Crippen LogP contribution in [0.3, 0.4) is 0 Å². The van der Waals surface area contributed by atoms with E-state index in [1.54, 1.807) is 9.80 Å². The quantitative estimate of drug-likeness (QED) is 0.451. The minimum Gasteiger partial charge on any atom is -0.308 e. The largest absolute Gasteiger partial charge is 0.308 e. The molecule has 0 unspecified atom stereocenters. The molecule has 26 heavy (non-hydrogen) atoms. The fourth-order valence-corrected chi connectivity index (χ4v) is 4.86. The summed E-state index contributed by atoms with van der Waals surface area (Å²) in [5.41, 5.74) is 2.19. The first-order valence-corrected chi connectivity index (χ1v) is 10.9. The Labute approximate surface area is 172 Å². The second kappa shape index (κ2) is 8.23. The SMILES string of the molecule is CCCCN1C(=O)/C(=C2/C(=O)N(CCCC)c3ccc(Br)cc32)SC1=S. The molecule has 0 radical (unpaired) electrons. The summed E-state index contributed by atoms with van der Waals surface area (Å²) in [5.74, 6) is -0.234. The van der Waals surface area contributed by atoms with Gasteiger partial charge in [0.1, 0.15) is 4.32 Å². The van der Waals surface area contributed by atoms with Crippen LogP contribution in [0.1, 0.15) is 45.1 Å². The molecule has 7 heteroatoms. The third kappa shape index (κ3) is 3.49. The van der Waals surface area contributed by atoms with Crippen molar-refractivity contribution in [1.29, 1.82) is 0 Å². The van der Waals surface area contributed by atoms with E-state index in [0.29, 0.717) is 27.9 Å². The van der Waals surface area contributed by atoms with Gasteiger partial charge >= 0.3 is 0 Å². The van der Waals surface area contributed by atoms with Crippen molar-refractivity contribution in [3.8, 4) is 0 Å². The van der Waals surface area contributed by atoms with Gasteiger partial charge in [0.2, 0.25) is 0 Å². The van der Waals surface area contributed by atoms with Gasteiger partial charge in [-0.15, -0.1) is 0 Å². The standard InChI is InChI=1S/C19H21BrN2O2S2/c1-3-5-9-21-14-8-7-12(20)11-13(14)15(17(21)23)16-18(24)22(10-6-4-2)19(25)26-16/h7-8,11H,3-6,9-10H2,1-2H3/b16-15-. The van der Waals surface area contributed by atoms with Crippen LogP contribution >= 0.6 is 39.9 Å². The Bertz CT molecular complexity index is 807. The molecule has 2 aliphatic heterocycles. The number of carbonyl (C=O) groups excluding carboxylic acids is 2. The van der Waals surface area contributed by atoms with Gasteiger partial charge in [-0.2, -0.15) is 0 Å². The number of unbranched alkanes of at least 4 members (excludes halogenated alkanes) is 2. The number of hydrogen-bond donors (Lipinski definition) is 0. The van der Waals surface area contributed by atoms with Crippen LogP contribution in [0, 0.1) is 0 Å². The fraction of sp³-hybridized carbons (Fsp3) is 0.421. The summed E-state index contributed by atoms with van der Waals surface area (Å²) < 4.78 is 1.43. The van der Waals surface area contributed by atoms with Gasteiger partial charge in [0.15, 0.2) is 0 Å². The highest BCUT2D eigenvalue weighted by Crippen LogP contribution is 2.45. The Morgan fingerprint density at radius 2 is 1.69 bits per heavy atom. The van der Waals surface area contributed by atoms with Crippen LogP contribution in [0.5, 0.6) is 0 Å². The monoisotopic (exact) mass is 452 g/mol. The summed E-state index contributed by atoms with van der Waals surface area (Å²) in [5, 5.41) is 0. The molecule has 2 amide bonds. The predicted molar refractivity (Wildman–Crippen MR) is 115 cm³/mol. The summed E-state index contributed by atoms with van der Waals surface area (Å²) in [6, 6.07) is 5.80. The molecule has 0 saturated carbocycles. The van der Waals surface area contributed by atoms with Crippen LogP contribution in [-0.4, -0.2) is 34.1 Å². The average Bonchev–Trinajstić information content (AvgIpc) is 3.04. The Balaban J connectivity index is 2.06. The molecule has 1 aromatic rings. The third-order valence-electron chi connectivity index (χ3n) is 4.52. The van der Waals surface area contributed by atoms with Crippen molar-refractivity contribution in [2.45, 2.75) is 39.5 Å². The van der Waals surface area contributed by atoms with Crippen molar-refractivity contribution in [2.24, 2.45) is 0 Å². The van der Waals surface area contributed by atoms with Crippen LogP contribution in [-0.2, 0) is 9.59 Å². The van der Waals surface area contributed by atoms with E-state index in [9.17, 15) is 9.59 Å². The molecule has 2 aliphatic rings. The molecule has 1 saturated heterocycles. The average molecular weight is 453 g/mol. The number of thiocarbonyl (C=S) groups is 1. The molecule has 1 aromatic carbocycles. The van der Waals surface area contributed by atoms with Gasteiger partial charge in [-0.05, 0) is 31.0 Å².